The van der Waals surface area contributed by atoms with Crippen LogP contribution in [0.3, 0.4) is 0 Å². The highest BCUT2D eigenvalue weighted by Crippen LogP contribution is 2.39. The van der Waals surface area contributed by atoms with Crippen molar-refractivity contribution in [3.63, 3.8) is 0 Å². The molecule has 0 aromatic heterocycles. The van der Waals surface area contributed by atoms with Gasteiger partial charge in [-0.05, 0) is 28.9 Å². The van der Waals surface area contributed by atoms with Crippen molar-refractivity contribution in [1.29, 1.82) is 0 Å². The van der Waals surface area contributed by atoms with E-state index in [2.05, 4.69) is 0 Å². The van der Waals surface area contributed by atoms with Crippen LogP contribution >= 0.6 is 0 Å². The highest BCUT2D eigenvalue weighted by Gasteiger charge is 2.37. The first-order valence-electron chi connectivity index (χ1n) is 6.82. The monoisotopic (exact) mass is 356 g/mol. The zero-order valence-electron chi connectivity index (χ0n) is 12.6. The predicted molar refractivity (Wildman–Crippen MR) is 90.6 cm³/mol. The summed E-state index contributed by atoms with van der Waals surface area (Å²) in [5.41, 5.74) is -0.664. The standard InChI is InChI=1S/C13H8B3FN2O5S/c14-13(15,16)24-7-2-1-6-3-9(20)12(11(17)8(6)4-7)19-5-10(21)18-25(19,22)23/h1-4,20H,5H2,(H,18,21). The van der Waals surface area contributed by atoms with Crippen LogP contribution in [-0.2, 0) is 15.0 Å². The van der Waals surface area contributed by atoms with E-state index >= 15 is 0 Å². The lowest BCUT2D eigenvalue weighted by molar-refractivity contribution is -0.117. The highest BCUT2D eigenvalue weighted by molar-refractivity contribution is 7.92. The van der Waals surface area contributed by atoms with Crippen LogP contribution in [0.2, 0.25) is 0 Å². The molecule has 0 aliphatic carbocycles. The first kappa shape index (κ1) is 17.5. The smallest absolute Gasteiger partial charge is 0.326 e. The lowest BCUT2D eigenvalue weighted by atomic mass is 9.52. The number of rotatable bonds is 3. The predicted octanol–water partition coefficient (Wildman–Crippen LogP) is -0.639. The number of phenolic OH excluding ortho intramolecular Hbond substituents is 1. The summed E-state index contributed by atoms with van der Waals surface area (Å²) in [7, 11) is 11.7. The molecular weight excluding hydrogens is 348 g/mol. The van der Waals surface area contributed by atoms with Gasteiger partial charge in [0.05, 0.1) is 0 Å². The number of hydrogen-bond acceptors (Lipinski definition) is 5. The Morgan fingerprint density at radius 1 is 1.28 bits per heavy atom. The first-order chi connectivity index (χ1) is 11.5. The molecule has 1 amide bonds. The summed E-state index contributed by atoms with van der Waals surface area (Å²) in [5.74, 6) is -2.55. The van der Waals surface area contributed by atoms with Gasteiger partial charge in [-0.15, -0.1) is 0 Å². The van der Waals surface area contributed by atoms with Crippen molar-refractivity contribution in [2.75, 3.05) is 10.8 Å². The maximum Gasteiger partial charge on any atom is 0.326 e. The van der Waals surface area contributed by atoms with Crippen LogP contribution in [-0.4, -0.2) is 54.8 Å². The molecule has 1 aliphatic rings. The van der Waals surface area contributed by atoms with E-state index in [1.54, 1.807) is 4.72 Å². The molecule has 2 aromatic rings. The quantitative estimate of drug-likeness (QED) is 0.714. The van der Waals surface area contributed by atoms with Gasteiger partial charge in [0.15, 0.2) is 5.82 Å². The SMILES string of the molecule is [B]C([B])([B])Oc1ccc2cc(O)c(N3CC(=O)NS3(=O)=O)c(F)c2c1. The Morgan fingerprint density at radius 2 is 1.96 bits per heavy atom. The number of aromatic hydroxyl groups is 1. The Labute approximate surface area is 146 Å². The number of nitrogens with one attached hydrogen (secondary N) is 1. The topological polar surface area (TPSA) is 95.9 Å². The summed E-state index contributed by atoms with van der Waals surface area (Å²) in [6, 6.07) is 5.12. The lowest BCUT2D eigenvalue weighted by Gasteiger charge is -2.24. The van der Waals surface area contributed by atoms with Crippen LogP contribution in [0, 0.1) is 5.82 Å². The molecule has 122 valence electrons. The number of hydrogen-bond donors (Lipinski definition) is 2. The third-order valence-corrected chi connectivity index (χ3v) is 4.75. The zero-order chi connectivity index (χ0) is 18.6. The number of carbonyl (C=O) groups excluding carboxylic acids is 1. The van der Waals surface area contributed by atoms with Crippen molar-refractivity contribution in [1.82, 2.24) is 4.72 Å². The average molecular weight is 356 g/mol. The van der Waals surface area contributed by atoms with Crippen LogP contribution in [0.5, 0.6) is 11.5 Å². The fraction of sp³-hybridized carbons (Fsp3) is 0.154. The van der Waals surface area contributed by atoms with Crippen molar-refractivity contribution in [2.24, 2.45) is 0 Å². The van der Waals surface area contributed by atoms with Crippen molar-refractivity contribution >= 4 is 56.1 Å². The molecule has 1 saturated heterocycles. The summed E-state index contributed by atoms with van der Waals surface area (Å²) in [4.78, 5) is 11.3. The number of phenols is 1. The number of benzene rings is 2. The second kappa shape index (κ2) is 5.58. The van der Waals surface area contributed by atoms with E-state index in [1.165, 1.54) is 18.2 Å². The van der Waals surface area contributed by atoms with Crippen molar-refractivity contribution in [2.45, 2.75) is 5.30 Å². The molecule has 3 rings (SSSR count). The van der Waals surface area contributed by atoms with E-state index in [1.807, 2.05) is 0 Å². The Bertz CT molecular complexity index is 993. The number of anilines is 1. The molecule has 0 bridgehead atoms. The number of amides is 1. The lowest BCUT2D eigenvalue weighted by Crippen LogP contribution is -2.37. The Kier molecular flexibility index (Phi) is 3.90. The molecular formula is C13H8B3FN2O5S. The molecule has 0 spiro atoms. The number of ether oxygens (including phenoxy) is 1. The molecule has 2 N–H and O–H groups in total. The molecule has 1 aliphatic heterocycles. The molecule has 2 aromatic carbocycles. The highest BCUT2D eigenvalue weighted by atomic mass is 32.2. The zero-order valence-corrected chi connectivity index (χ0v) is 13.4. The molecule has 12 heteroatoms. The van der Waals surface area contributed by atoms with Crippen LogP contribution in [0.1, 0.15) is 0 Å². The maximum absolute atomic E-state index is 14.9. The molecule has 7 nitrogen and oxygen atoms in total. The van der Waals surface area contributed by atoms with E-state index in [4.69, 9.17) is 28.3 Å². The van der Waals surface area contributed by atoms with Gasteiger partial charge >= 0.3 is 10.2 Å². The first-order valence-corrected chi connectivity index (χ1v) is 8.26. The maximum atomic E-state index is 14.9. The summed E-state index contributed by atoms with van der Waals surface area (Å²) in [5, 5.41) is 8.20. The fourth-order valence-corrected chi connectivity index (χ4v) is 3.62. The van der Waals surface area contributed by atoms with Crippen molar-refractivity contribution < 1.29 is 27.4 Å². The summed E-state index contributed by atoms with van der Waals surface area (Å²) in [6.45, 7) is -0.661. The van der Waals surface area contributed by atoms with Crippen molar-refractivity contribution in [3.8, 4) is 11.5 Å². The minimum Gasteiger partial charge on any atom is -0.516 e. The molecule has 1 heterocycles. The summed E-state index contributed by atoms with van der Waals surface area (Å²) >= 11 is 0. The molecule has 25 heavy (non-hydrogen) atoms. The molecule has 0 unspecified atom stereocenters. The van der Waals surface area contributed by atoms with Crippen molar-refractivity contribution in [3.05, 3.63) is 30.1 Å². The normalized spacial score (nSPS) is 16.8. The van der Waals surface area contributed by atoms with Gasteiger partial charge in [0.1, 0.15) is 47.3 Å². The number of halogens is 1. The van der Waals surface area contributed by atoms with E-state index < -0.39 is 45.2 Å². The Hall–Kier alpha value is -2.36. The number of fused-ring (bicyclic) bond motifs is 1. The minimum absolute atomic E-state index is 0.0222. The third kappa shape index (κ3) is 3.26. The van der Waals surface area contributed by atoms with Crippen LogP contribution < -0.4 is 13.8 Å². The van der Waals surface area contributed by atoms with E-state index in [9.17, 15) is 22.7 Å². The number of nitrogens with zero attached hydrogens (tertiary/aromatic N) is 1. The summed E-state index contributed by atoms with van der Waals surface area (Å²) in [6.07, 6.45) is 0. The van der Waals surface area contributed by atoms with Crippen LogP contribution in [0.4, 0.5) is 10.1 Å². The van der Waals surface area contributed by atoms with Gasteiger partial charge in [-0.25, -0.2) is 13.4 Å². The van der Waals surface area contributed by atoms with E-state index in [-0.39, 0.29) is 16.5 Å². The third-order valence-electron chi connectivity index (χ3n) is 3.37. The van der Waals surface area contributed by atoms with Gasteiger partial charge in [0.25, 0.3) is 5.91 Å². The van der Waals surface area contributed by atoms with Gasteiger partial charge in [-0.2, -0.15) is 8.42 Å². The molecule has 0 saturated carbocycles. The van der Waals surface area contributed by atoms with Crippen LogP contribution in [0.15, 0.2) is 24.3 Å². The van der Waals surface area contributed by atoms with Gasteiger partial charge < -0.3 is 9.84 Å². The average Bonchev–Trinajstić information content (AvgIpc) is 2.71. The summed E-state index contributed by atoms with van der Waals surface area (Å²) < 4.78 is 45.9. The second-order valence-electron chi connectivity index (χ2n) is 5.43. The van der Waals surface area contributed by atoms with Gasteiger partial charge in [0, 0.05) is 5.39 Å². The van der Waals surface area contributed by atoms with Gasteiger partial charge in [0.2, 0.25) is 0 Å². The largest absolute Gasteiger partial charge is 0.516 e. The van der Waals surface area contributed by atoms with Gasteiger partial charge in [-0.3, -0.25) is 4.79 Å². The Balaban J connectivity index is 2.19. The van der Waals surface area contributed by atoms with Gasteiger partial charge in [-0.1, -0.05) is 6.07 Å². The minimum atomic E-state index is -4.30. The molecule has 0 atom stereocenters. The van der Waals surface area contributed by atoms with Crippen LogP contribution in [0.25, 0.3) is 10.8 Å². The second-order valence-corrected chi connectivity index (χ2v) is 7.03. The number of carbonyl (C=O) groups is 1. The fourth-order valence-electron chi connectivity index (χ4n) is 2.46. The molecule has 1 fully saturated rings. The van der Waals surface area contributed by atoms with E-state index in [0.29, 0.717) is 4.31 Å². The molecule has 6 radical (unpaired) electrons. The Morgan fingerprint density at radius 3 is 2.52 bits per heavy atom. The van der Waals surface area contributed by atoms with E-state index in [0.717, 1.165) is 6.07 Å².